The molecule has 0 fully saturated rings. The van der Waals surface area contributed by atoms with E-state index in [1.807, 2.05) is 37.4 Å². The number of anilines is 2. The van der Waals surface area contributed by atoms with Crippen molar-refractivity contribution in [2.24, 2.45) is 5.84 Å². The summed E-state index contributed by atoms with van der Waals surface area (Å²) in [7, 11) is 2.02. The van der Waals surface area contributed by atoms with E-state index < -0.39 is 0 Å². The zero-order valence-electron chi connectivity index (χ0n) is 9.80. The van der Waals surface area contributed by atoms with Crippen molar-refractivity contribution < 1.29 is 0 Å². The van der Waals surface area contributed by atoms with E-state index in [2.05, 4.69) is 27.4 Å². The van der Waals surface area contributed by atoms with Crippen LogP contribution in [0, 0.1) is 0 Å². The normalized spacial score (nSPS) is 10.0. The highest BCUT2D eigenvalue weighted by Crippen LogP contribution is 2.14. The quantitative estimate of drug-likeness (QED) is 0.621. The van der Waals surface area contributed by atoms with Crippen LogP contribution in [0.5, 0.6) is 0 Å². The molecule has 88 valence electrons. The van der Waals surface area contributed by atoms with Crippen LogP contribution in [0.3, 0.4) is 0 Å². The number of benzene rings is 1. The largest absolute Gasteiger partial charge is 0.355 e. The first-order chi connectivity index (χ1) is 8.29. The van der Waals surface area contributed by atoms with Crippen LogP contribution in [-0.2, 0) is 6.54 Å². The molecule has 0 amide bonds. The van der Waals surface area contributed by atoms with E-state index >= 15 is 0 Å². The lowest BCUT2D eigenvalue weighted by molar-refractivity contribution is 0.898. The Labute approximate surface area is 101 Å². The Morgan fingerprint density at radius 1 is 1.18 bits per heavy atom. The maximum absolute atomic E-state index is 5.30. The van der Waals surface area contributed by atoms with Crippen LogP contribution in [-0.4, -0.2) is 12.0 Å². The number of nitrogens with two attached hydrogens (primary N) is 1. The number of hydrogen-bond acceptors (Lipinski definition) is 4. The second kappa shape index (κ2) is 5.32. The molecule has 1 aromatic heterocycles. The fourth-order valence-corrected chi connectivity index (χ4v) is 1.64. The van der Waals surface area contributed by atoms with E-state index in [4.69, 9.17) is 5.84 Å². The maximum Gasteiger partial charge on any atom is 0.128 e. The van der Waals surface area contributed by atoms with Crippen molar-refractivity contribution in [2.75, 3.05) is 17.4 Å². The Bertz CT molecular complexity index is 453. The highest BCUT2D eigenvalue weighted by molar-refractivity contribution is 5.47. The van der Waals surface area contributed by atoms with Gasteiger partial charge in [-0.25, -0.2) is 4.98 Å². The molecule has 0 saturated carbocycles. The van der Waals surface area contributed by atoms with Crippen molar-refractivity contribution in [2.45, 2.75) is 6.54 Å². The first kappa shape index (κ1) is 11.4. The highest BCUT2D eigenvalue weighted by atomic mass is 15.2. The summed E-state index contributed by atoms with van der Waals surface area (Å²) in [5, 5.41) is 0. The van der Waals surface area contributed by atoms with Crippen molar-refractivity contribution in [3.8, 4) is 0 Å². The van der Waals surface area contributed by atoms with E-state index in [1.165, 1.54) is 5.56 Å². The maximum atomic E-state index is 5.30. The van der Waals surface area contributed by atoms with Crippen LogP contribution < -0.4 is 16.2 Å². The molecule has 1 aromatic carbocycles. The van der Waals surface area contributed by atoms with Crippen LogP contribution in [0.25, 0.3) is 0 Å². The molecule has 2 aromatic rings. The zero-order valence-corrected chi connectivity index (χ0v) is 9.80. The Morgan fingerprint density at radius 3 is 2.53 bits per heavy atom. The zero-order chi connectivity index (χ0) is 12.1. The van der Waals surface area contributed by atoms with Gasteiger partial charge in [0.15, 0.2) is 0 Å². The summed E-state index contributed by atoms with van der Waals surface area (Å²) < 4.78 is 0. The third kappa shape index (κ3) is 2.95. The number of aromatic nitrogens is 1. The second-order valence-electron chi connectivity index (χ2n) is 3.89. The van der Waals surface area contributed by atoms with Crippen LogP contribution in [0.2, 0.25) is 0 Å². The van der Waals surface area contributed by atoms with Gasteiger partial charge in [-0.05, 0) is 17.7 Å². The Kier molecular flexibility index (Phi) is 3.57. The van der Waals surface area contributed by atoms with Gasteiger partial charge >= 0.3 is 0 Å². The van der Waals surface area contributed by atoms with Gasteiger partial charge in [0.1, 0.15) is 5.82 Å². The molecule has 0 atom stereocenters. The summed E-state index contributed by atoms with van der Waals surface area (Å²) >= 11 is 0. The molecule has 3 N–H and O–H groups in total. The molecular weight excluding hydrogens is 212 g/mol. The van der Waals surface area contributed by atoms with Crippen molar-refractivity contribution >= 4 is 11.5 Å². The molecule has 0 bridgehead atoms. The molecule has 17 heavy (non-hydrogen) atoms. The highest BCUT2D eigenvalue weighted by Gasteiger charge is 2.02. The van der Waals surface area contributed by atoms with E-state index in [1.54, 1.807) is 6.20 Å². The Balaban J connectivity index is 2.06. The molecular formula is C13H16N4. The predicted molar refractivity (Wildman–Crippen MR) is 70.6 cm³/mol. The number of hydrogen-bond donors (Lipinski definition) is 2. The first-order valence-corrected chi connectivity index (χ1v) is 5.47. The minimum atomic E-state index is 0.807. The van der Waals surface area contributed by atoms with Crippen LogP contribution in [0.15, 0.2) is 48.7 Å². The number of nitrogens with zero attached hydrogens (tertiary/aromatic N) is 2. The van der Waals surface area contributed by atoms with E-state index in [0.29, 0.717) is 0 Å². The van der Waals surface area contributed by atoms with Crippen LogP contribution in [0.4, 0.5) is 11.5 Å². The lowest BCUT2D eigenvalue weighted by Gasteiger charge is -2.18. The molecule has 0 aliphatic rings. The molecule has 0 saturated heterocycles. The molecule has 0 aliphatic carbocycles. The molecule has 0 spiro atoms. The number of rotatable bonds is 4. The average molecular weight is 228 g/mol. The van der Waals surface area contributed by atoms with Crippen LogP contribution in [0.1, 0.15) is 5.56 Å². The van der Waals surface area contributed by atoms with Gasteiger partial charge in [-0.3, -0.25) is 5.84 Å². The minimum Gasteiger partial charge on any atom is -0.355 e. The fraction of sp³-hybridized carbons (Fsp3) is 0.154. The van der Waals surface area contributed by atoms with Gasteiger partial charge in [-0.2, -0.15) is 0 Å². The molecule has 4 nitrogen and oxygen atoms in total. The predicted octanol–water partition coefficient (Wildman–Crippen LogP) is 2.00. The summed E-state index contributed by atoms with van der Waals surface area (Å²) in [5.74, 6) is 6.22. The number of nitrogen functional groups attached to an aromatic ring is 1. The standard InChI is InChI=1S/C13H16N4/c1-17(10-11-5-3-2-4-6-11)13-8-7-12(16-14)9-15-13/h2-9,16H,10,14H2,1H3. The first-order valence-electron chi connectivity index (χ1n) is 5.47. The van der Waals surface area contributed by atoms with Crippen LogP contribution >= 0.6 is 0 Å². The lowest BCUT2D eigenvalue weighted by atomic mass is 10.2. The van der Waals surface area contributed by atoms with Gasteiger partial charge in [0, 0.05) is 13.6 Å². The number of pyridine rings is 1. The summed E-state index contributed by atoms with van der Waals surface area (Å²) in [6.07, 6.45) is 1.72. The van der Waals surface area contributed by atoms with Crippen molar-refractivity contribution in [1.29, 1.82) is 0 Å². The second-order valence-corrected chi connectivity index (χ2v) is 3.89. The van der Waals surface area contributed by atoms with Gasteiger partial charge in [0.05, 0.1) is 11.9 Å². The Hall–Kier alpha value is -2.07. The minimum absolute atomic E-state index is 0.807. The van der Waals surface area contributed by atoms with Crippen molar-refractivity contribution in [3.63, 3.8) is 0 Å². The monoisotopic (exact) mass is 228 g/mol. The topological polar surface area (TPSA) is 54.2 Å². The van der Waals surface area contributed by atoms with Crippen molar-refractivity contribution in [1.82, 2.24) is 4.98 Å². The number of nitrogens with one attached hydrogen (secondary N) is 1. The van der Waals surface area contributed by atoms with E-state index in [0.717, 1.165) is 18.1 Å². The fourth-order valence-electron chi connectivity index (χ4n) is 1.64. The molecule has 4 heteroatoms. The van der Waals surface area contributed by atoms with Gasteiger partial charge in [0.2, 0.25) is 0 Å². The molecule has 0 radical (unpaired) electrons. The third-order valence-electron chi connectivity index (χ3n) is 2.57. The van der Waals surface area contributed by atoms with Gasteiger partial charge in [0.25, 0.3) is 0 Å². The molecule has 0 unspecified atom stereocenters. The van der Waals surface area contributed by atoms with E-state index in [9.17, 15) is 0 Å². The van der Waals surface area contributed by atoms with E-state index in [-0.39, 0.29) is 0 Å². The molecule has 2 rings (SSSR count). The summed E-state index contributed by atoms with van der Waals surface area (Å²) in [6.45, 7) is 0.837. The summed E-state index contributed by atoms with van der Waals surface area (Å²) in [6, 6.07) is 14.2. The van der Waals surface area contributed by atoms with Gasteiger partial charge < -0.3 is 10.3 Å². The van der Waals surface area contributed by atoms with Gasteiger partial charge in [-0.1, -0.05) is 30.3 Å². The summed E-state index contributed by atoms with van der Waals surface area (Å²) in [5.41, 5.74) is 4.63. The SMILES string of the molecule is CN(Cc1ccccc1)c1ccc(NN)cn1. The van der Waals surface area contributed by atoms with Gasteiger partial charge in [-0.15, -0.1) is 0 Å². The van der Waals surface area contributed by atoms with Crippen molar-refractivity contribution in [3.05, 3.63) is 54.2 Å². The average Bonchev–Trinajstić information content (AvgIpc) is 2.40. The molecule has 0 aliphatic heterocycles. The third-order valence-corrected chi connectivity index (χ3v) is 2.57. The number of hydrazine groups is 1. The lowest BCUT2D eigenvalue weighted by Crippen LogP contribution is -2.17. The Morgan fingerprint density at radius 2 is 1.94 bits per heavy atom. The summed E-state index contributed by atoms with van der Waals surface area (Å²) in [4.78, 5) is 6.42. The smallest absolute Gasteiger partial charge is 0.128 e. The molecule has 1 heterocycles.